The predicted molar refractivity (Wildman–Crippen MR) is 315 cm³/mol. The van der Waals surface area contributed by atoms with E-state index < -0.39 is 20.9 Å². The van der Waals surface area contributed by atoms with Crippen LogP contribution in [0.3, 0.4) is 0 Å². The highest BCUT2D eigenvalue weighted by Crippen LogP contribution is 2.37. The molecule has 2 fully saturated rings. The van der Waals surface area contributed by atoms with Crippen LogP contribution in [-0.4, -0.2) is 114 Å². The van der Waals surface area contributed by atoms with Crippen molar-refractivity contribution in [2.45, 2.75) is 230 Å². The molecule has 0 aliphatic carbocycles. The first-order valence-electron chi connectivity index (χ1n) is 28.6. The minimum absolute atomic E-state index is 0. The fraction of sp³-hybridized carbons (Fsp3) is 0.738. The third-order valence-corrected chi connectivity index (χ3v) is 19.2. The summed E-state index contributed by atoms with van der Waals surface area (Å²) >= 11 is 0. The van der Waals surface area contributed by atoms with E-state index in [4.69, 9.17) is 42.4 Å². The van der Waals surface area contributed by atoms with Crippen molar-refractivity contribution in [3.05, 3.63) is 60.7 Å². The average Bonchev–Trinajstić information content (AvgIpc) is 3.40. The Bertz CT molecular complexity index is 1760. The van der Waals surface area contributed by atoms with E-state index in [1.165, 1.54) is 115 Å². The number of rotatable bonds is 26. The molecule has 10 atom stereocenters. The molecule has 0 radical (unpaired) electrons. The number of aliphatic hydroxyl groups excluding tert-OH is 1. The molecule has 2 saturated heterocycles. The number of hydrogen-bond donors (Lipinski definition) is 4. The van der Waals surface area contributed by atoms with Gasteiger partial charge in [0.05, 0.1) is 50.7 Å². The molecule has 452 valence electrons. The van der Waals surface area contributed by atoms with Gasteiger partial charge in [0.1, 0.15) is 13.2 Å². The van der Waals surface area contributed by atoms with Crippen molar-refractivity contribution in [1.82, 2.24) is 10.6 Å². The van der Waals surface area contributed by atoms with Crippen molar-refractivity contribution in [2.24, 2.45) is 29.6 Å². The zero-order valence-corrected chi connectivity index (χ0v) is 51.2. The molecule has 0 saturated carbocycles. The van der Waals surface area contributed by atoms with Crippen LogP contribution in [0, 0.1) is 23.7 Å². The van der Waals surface area contributed by atoms with E-state index in [1.54, 1.807) is 0 Å². The molecule has 78 heavy (non-hydrogen) atoms. The third kappa shape index (κ3) is 28.6. The Labute approximate surface area is 473 Å². The highest BCUT2D eigenvalue weighted by Gasteiger charge is 2.50. The number of benzene rings is 2. The van der Waals surface area contributed by atoms with Gasteiger partial charge in [0.2, 0.25) is 11.8 Å². The van der Waals surface area contributed by atoms with Gasteiger partial charge in [-0.25, -0.2) is 0 Å². The lowest BCUT2D eigenvalue weighted by molar-refractivity contribution is -0.245. The molecule has 17 heteroatoms. The quantitative estimate of drug-likeness (QED) is 0.0300. The van der Waals surface area contributed by atoms with Gasteiger partial charge in [0.15, 0.2) is 12.6 Å². The van der Waals surface area contributed by atoms with E-state index >= 15 is 0 Å². The number of unbranched alkanes of at least 4 members (excludes halogenated alkanes) is 10. The van der Waals surface area contributed by atoms with Crippen LogP contribution in [0.5, 0.6) is 0 Å². The van der Waals surface area contributed by atoms with Crippen LogP contribution in [0.2, 0.25) is 5.04 Å². The molecule has 2 aromatic carbocycles. The largest absolute Gasteiger partial charge is 0.463 e. The summed E-state index contributed by atoms with van der Waals surface area (Å²) in [5.74, 6) is 2.23. The molecule has 2 aliphatic heterocycles. The number of hydrogen-bond acceptors (Lipinski definition) is 13. The highest BCUT2D eigenvalue weighted by molar-refractivity contribution is 6.99. The molecule has 0 bridgehead atoms. The van der Waals surface area contributed by atoms with E-state index in [0.29, 0.717) is 6.61 Å². The van der Waals surface area contributed by atoms with Gasteiger partial charge in [-0.1, -0.05) is 221 Å². The molecular formula is C61H110FN3O12Si. The van der Waals surface area contributed by atoms with Crippen LogP contribution in [0.1, 0.15) is 188 Å². The maximum Gasteiger partial charge on any atom is 0.302 e. The lowest BCUT2D eigenvalue weighted by Gasteiger charge is -2.45. The van der Waals surface area contributed by atoms with Crippen molar-refractivity contribution in [3.8, 4) is 0 Å². The van der Waals surface area contributed by atoms with Crippen LogP contribution in [0.15, 0.2) is 60.7 Å². The molecule has 0 unspecified atom stereocenters. The standard InChI is InChI=1S/C30H43NO6Si.C14H25NO6.2C8H18.CH4.FH2N/c1-21-22(2)28(31-23(3)32)29(37-27(21)20-35-24(4)33)34-18-19-36-38(30(5,6)7,25-14-10-8-11-15-25)26-16-12-9-13-17-26;1-8-9(2)13(15-10(3)17)14(19-6-5-16)21-12(8)7-20-11(4)18;2*1-3-5-7-8-6-4-2;;1-2/h8-17,21-22,27-29H,18-20H2,1-7H3,(H,31,32);8-9,12-14,16H,5-7H2,1-4H3,(H,15,17);2*3-8H2,1-2H3;1H4;2H2/t21-,22+,27-,28-,29-;8-,9+,12-,13-,14-;;;;/m11..../s1. The van der Waals surface area contributed by atoms with Crippen molar-refractivity contribution >= 4 is 42.4 Å². The summed E-state index contributed by atoms with van der Waals surface area (Å²) in [5, 5.41) is 17.0. The molecule has 0 aromatic heterocycles. The first kappa shape index (κ1) is 76.3. The van der Waals surface area contributed by atoms with E-state index in [-0.39, 0.29) is 117 Å². The van der Waals surface area contributed by atoms with Crippen molar-refractivity contribution in [1.29, 1.82) is 0 Å². The lowest BCUT2D eigenvalue weighted by Crippen LogP contribution is -2.66. The number of carbonyl (C=O) groups is 4. The topological polar surface area (TPSA) is 203 Å². The number of nitrogens with one attached hydrogen (secondary N) is 2. The molecular weight excluding hydrogens is 1010 g/mol. The summed E-state index contributed by atoms with van der Waals surface area (Å²) in [6.45, 7) is 30.4. The zero-order valence-electron chi connectivity index (χ0n) is 50.2. The summed E-state index contributed by atoms with van der Waals surface area (Å²) in [4.78, 5) is 45.7. The predicted octanol–water partition coefficient (Wildman–Crippen LogP) is 10.9. The molecule has 2 heterocycles. The van der Waals surface area contributed by atoms with E-state index in [1.807, 2.05) is 32.9 Å². The number of halogens is 1. The molecule has 2 aliphatic rings. The number of carbonyl (C=O) groups excluding carboxylic acids is 4. The maximum absolute atomic E-state index is 12.0. The van der Waals surface area contributed by atoms with Gasteiger partial charge in [-0.05, 0) is 39.1 Å². The van der Waals surface area contributed by atoms with Crippen LogP contribution in [0.25, 0.3) is 0 Å². The van der Waals surface area contributed by atoms with Crippen molar-refractivity contribution < 1.29 is 61.6 Å². The first-order valence-corrected chi connectivity index (χ1v) is 30.5. The third-order valence-electron chi connectivity index (χ3n) is 14.2. The lowest BCUT2D eigenvalue weighted by atomic mass is 9.82. The monoisotopic (exact) mass is 1120 g/mol. The molecule has 2 aromatic rings. The Morgan fingerprint density at radius 1 is 0.564 bits per heavy atom. The SMILES string of the molecule is C.CC(=O)N[C@H]1[C@H](OCCO)O[C@H](COC(C)=O)[C@H](C)[C@@H]1C.CC(=O)N[C@H]1[C@H](OCCO[Si](c2ccccc2)(c2ccccc2)C(C)(C)C)O[C@H](COC(C)=O)[C@H](C)[C@@H]1C.CCCCCCCC.CCCCCCCC.NF. The second kappa shape index (κ2) is 43.9. The molecule has 5 N–H and O–H groups in total. The Hall–Kier alpha value is -3.81. The van der Waals surface area contributed by atoms with Gasteiger partial charge in [0.25, 0.3) is 8.32 Å². The summed E-state index contributed by atoms with van der Waals surface area (Å²) in [6.07, 6.45) is 15.0. The minimum atomic E-state index is -2.69. The summed E-state index contributed by atoms with van der Waals surface area (Å²) in [5.41, 5.74) is 0. The van der Waals surface area contributed by atoms with Crippen LogP contribution in [-0.2, 0) is 52.0 Å². The Morgan fingerprint density at radius 3 is 1.18 bits per heavy atom. The normalized spacial score (nSPS) is 22.5. The van der Waals surface area contributed by atoms with Gasteiger partial charge in [0, 0.05) is 27.7 Å². The minimum Gasteiger partial charge on any atom is -0.463 e. The smallest absolute Gasteiger partial charge is 0.302 e. The Kier molecular flexibility index (Phi) is 42.9. The van der Waals surface area contributed by atoms with Crippen LogP contribution < -0.4 is 27.0 Å². The van der Waals surface area contributed by atoms with Crippen LogP contribution >= 0.6 is 0 Å². The second-order valence-corrected chi connectivity index (χ2v) is 25.7. The van der Waals surface area contributed by atoms with Gasteiger partial charge < -0.3 is 48.6 Å². The highest BCUT2D eigenvalue weighted by atomic mass is 28.4. The van der Waals surface area contributed by atoms with Gasteiger partial charge >= 0.3 is 11.9 Å². The Morgan fingerprint density at radius 2 is 0.897 bits per heavy atom. The fourth-order valence-electron chi connectivity index (χ4n) is 9.52. The van der Waals surface area contributed by atoms with Crippen molar-refractivity contribution in [2.75, 3.05) is 39.6 Å². The number of aliphatic hydroxyl groups is 1. The number of ether oxygens (including phenoxy) is 6. The van der Waals surface area contributed by atoms with E-state index in [0.717, 1.165) is 0 Å². The molecule has 4 rings (SSSR count). The fourth-order valence-corrected chi connectivity index (χ4v) is 14.1. The van der Waals surface area contributed by atoms with Gasteiger partial charge in [-0.15, -0.1) is 4.48 Å². The van der Waals surface area contributed by atoms with Crippen LogP contribution in [0.4, 0.5) is 4.48 Å². The summed E-state index contributed by atoms with van der Waals surface area (Å²) < 4.78 is 50.0. The van der Waals surface area contributed by atoms with Gasteiger partial charge in [-0.3, -0.25) is 19.2 Å². The van der Waals surface area contributed by atoms with Crippen molar-refractivity contribution in [3.63, 3.8) is 0 Å². The first-order chi connectivity index (χ1) is 36.7. The maximum atomic E-state index is 12.0. The van der Waals surface area contributed by atoms with E-state index in [9.17, 15) is 19.2 Å². The van der Waals surface area contributed by atoms with E-state index in [2.05, 4.69) is 121 Å². The average molecular weight is 1120 g/mol. The molecule has 2 amide bonds. The zero-order chi connectivity index (χ0) is 58.4. The number of amides is 2. The summed E-state index contributed by atoms with van der Waals surface area (Å²) in [7, 11) is -2.69. The molecule has 0 spiro atoms. The van der Waals surface area contributed by atoms with Gasteiger partial charge in [-0.2, -0.15) is 5.96 Å². The molecule has 15 nitrogen and oxygen atoms in total. The number of nitrogens with two attached hydrogens (primary N) is 1. The number of esters is 2. The second-order valence-electron chi connectivity index (χ2n) is 21.4. The Balaban J connectivity index is 0. The summed E-state index contributed by atoms with van der Waals surface area (Å²) in [6, 6.07) is 20.3.